The van der Waals surface area contributed by atoms with Crippen molar-refractivity contribution < 1.29 is 14.3 Å². The normalized spacial score (nSPS) is 12.2. The van der Waals surface area contributed by atoms with E-state index < -0.39 is 0 Å². The van der Waals surface area contributed by atoms with Gasteiger partial charge in [0.2, 0.25) is 6.79 Å². The zero-order chi connectivity index (χ0) is 19.3. The van der Waals surface area contributed by atoms with Gasteiger partial charge in [-0.15, -0.1) is 0 Å². The maximum absolute atomic E-state index is 12.6. The maximum Gasteiger partial charge on any atom is 0.231 e. The number of aryl methyl sites for hydroxylation is 1. The van der Waals surface area contributed by atoms with E-state index in [9.17, 15) is 4.79 Å². The monoisotopic (exact) mass is 371 g/mol. The number of ketones is 1. The van der Waals surface area contributed by atoms with Gasteiger partial charge in [0.05, 0.1) is 24.7 Å². The van der Waals surface area contributed by atoms with Crippen molar-refractivity contribution in [1.29, 1.82) is 5.26 Å². The molecule has 0 saturated heterocycles. The first-order valence-electron chi connectivity index (χ1n) is 8.86. The third-order valence-corrected chi connectivity index (χ3v) is 4.36. The Morgan fingerprint density at radius 3 is 2.82 bits per heavy atom. The maximum atomic E-state index is 12.6. The Labute approximate surface area is 162 Å². The van der Waals surface area contributed by atoms with Crippen LogP contribution in [0.25, 0.3) is 17.3 Å². The van der Waals surface area contributed by atoms with Gasteiger partial charge in [-0.25, -0.2) is 0 Å². The highest BCUT2D eigenvalue weighted by atomic mass is 16.7. The molecule has 0 N–H and O–H groups in total. The van der Waals surface area contributed by atoms with Gasteiger partial charge in [-0.3, -0.25) is 9.48 Å². The molecule has 1 aromatic heterocycles. The molecule has 1 aliphatic rings. The number of hydrogen-bond donors (Lipinski definition) is 0. The molecule has 0 bridgehead atoms. The summed E-state index contributed by atoms with van der Waals surface area (Å²) in [5, 5.41) is 13.4. The minimum atomic E-state index is -0.137. The summed E-state index contributed by atoms with van der Waals surface area (Å²) >= 11 is 0. The van der Waals surface area contributed by atoms with Crippen LogP contribution in [0.5, 0.6) is 11.5 Å². The SMILES string of the molecule is N#CCCn1cc(/C=C/C(=O)c2ccc3c(c2)OCO3)c(-c2ccccc2)n1. The molecule has 0 atom stereocenters. The third kappa shape index (κ3) is 3.64. The predicted molar refractivity (Wildman–Crippen MR) is 104 cm³/mol. The summed E-state index contributed by atoms with van der Waals surface area (Å²) in [5.74, 6) is 1.08. The number of aromatic nitrogens is 2. The van der Waals surface area contributed by atoms with E-state index in [0.717, 1.165) is 16.8 Å². The fourth-order valence-corrected chi connectivity index (χ4v) is 2.97. The fraction of sp³-hybridized carbons (Fsp3) is 0.136. The second-order valence-corrected chi connectivity index (χ2v) is 6.24. The van der Waals surface area contributed by atoms with Crippen molar-refractivity contribution >= 4 is 11.9 Å². The summed E-state index contributed by atoms with van der Waals surface area (Å²) in [6, 6.07) is 17.0. The number of carbonyl (C=O) groups is 1. The lowest BCUT2D eigenvalue weighted by Crippen LogP contribution is -1.97. The summed E-state index contributed by atoms with van der Waals surface area (Å²) in [6.07, 6.45) is 5.50. The molecule has 6 nitrogen and oxygen atoms in total. The highest BCUT2D eigenvalue weighted by molar-refractivity contribution is 6.07. The van der Waals surface area contributed by atoms with E-state index in [1.54, 1.807) is 29.0 Å². The smallest absolute Gasteiger partial charge is 0.231 e. The van der Waals surface area contributed by atoms with Crippen LogP contribution in [0.15, 0.2) is 60.8 Å². The Balaban J connectivity index is 1.61. The van der Waals surface area contributed by atoms with Gasteiger partial charge in [0.15, 0.2) is 17.3 Å². The molecule has 138 valence electrons. The first-order chi connectivity index (χ1) is 13.7. The second kappa shape index (κ2) is 7.80. The van der Waals surface area contributed by atoms with E-state index in [4.69, 9.17) is 14.7 Å². The van der Waals surface area contributed by atoms with Gasteiger partial charge in [-0.05, 0) is 30.4 Å². The number of hydrogen-bond acceptors (Lipinski definition) is 5. The number of carbonyl (C=O) groups excluding carboxylic acids is 1. The van der Waals surface area contributed by atoms with E-state index in [1.165, 1.54) is 6.08 Å². The average Bonchev–Trinajstić information content (AvgIpc) is 3.37. The van der Waals surface area contributed by atoms with Crippen molar-refractivity contribution in [1.82, 2.24) is 9.78 Å². The number of ether oxygens (including phenoxy) is 2. The van der Waals surface area contributed by atoms with Crippen molar-refractivity contribution in [2.24, 2.45) is 0 Å². The first kappa shape index (κ1) is 17.6. The van der Waals surface area contributed by atoms with E-state index in [-0.39, 0.29) is 12.6 Å². The first-order valence-corrected chi connectivity index (χ1v) is 8.86. The van der Waals surface area contributed by atoms with Gasteiger partial charge in [-0.2, -0.15) is 10.4 Å². The van der Waals surface area contributed by atoms with E-state index in [2.05, 4.69) is 11.2 Å². The molecule has 0 fully saturated rings. The summed E-state index contributed by atoms with van der Waals surface area (Å²) in [4.78, 5) is 12.6. The van der Waals surface area contributed by atoms with Crippen LogP contribution in [0.3, 0.4) is 0 Å². The van der Waals surface area contributed by atoms with Crippen LogP contribution >= 0.6 is 0 Å². The van der Waals surface area contributed by atoms with Crippen LogP contribution in [0.4, 0.5) is 0 Å². The Morgan fingerprint density at radius 1 is 1.18 bits per heavy atom. The standard InChI is InChI=1S/C22H17N3O3/c23-11-4-12-25-14-18(22(24-25)16-5-2-1-3-6-16)7-9-19(26)17-8-10-20-21(13-17)28-15-27-20/h1-3,5-10,13-14H,4,12,15H2/b9-7+. The van der Waals surface area contributed by atoms with Crippen molar-refractivity contribution in [3.05, 3.63) is 71.9 Å². The molecule has 6 heteroatoms. The fourth-order valence-electron chi connectivity index (χ4n) is 2.97. The van der Waals surface area contributed by atoms with Gasteiger partial charge < -0.3 is 9.47 Å². The largest absolute Gasteiger partial charge is 0.454 e. The minimum absolute atomic E-state index is 0.137. The molecular weight excluding hydrogens is 354 g/mol. The summed E-state index contributed by atoms with van der Waals surface area (Å²) in [5.41, 5.74) is 3.07. The molecule has 0 radical (unpaired) electrons. The van der Waals surface area contributed by atoms with Crippen LogP contribution in [-0.2, 0) is 6.54 Å². The van der Waals surface area contributed by atoms with E-state index >= 15 is 0 Å². The van der Waals surface area contributed by atoms with Gasteiger partial charge in [-0.1, -0.05) is 30.3 Å². The minimum Gasteiger partial charge on any atom is -0.454 e. The number of nitriles is 1. The highest BCUT2D eigenvalue weighted by Gasteiger charge is 2.15. The summed E-state index contributed by atoms with van der Waals surface area (Å²) in [7, 11) is 0. The molecule has 0 saturated carbocycles. The van der Waals surface area contributed by atoms with E-state index in [1.807, 2.05) is 36.5 Å². The number of nitrogens with zero attached hydrogens (tertiary/aromatic N) is 3. The summed E-state index contributed by atoms with van der Waals surface area (Å²) < 4.78 is 12.3. The van der Waals surface area contributed by atoms with Crippen LogP contribution in [0, 0.1) is 11.3 Å². The molecule has 2 heterocycles. The number of allylic oxidation sites excluding steroid dienone is 1. The molecule has 3 aromatic rings. The van der Waals surface area contributed by atoms with Crippen molar-refractivity contribution in [3.8, 4) is 28.8 Å². The van der Waals surface area contributed by atoms with Crippen molar-refractivity contribution in [2.75, 3.05) is 6.79 Å². The molecule has 0 spiro atoms. The van der Waals surface area contributed by atoms with Gasteiger partial charge in [0.1, 0.15) is 0 Å². The third-order valence-electron chi connectivity index (χ3n) is 4.36. The van der Waals surface area contributed by atoms with Gasteiger partial charge >= 0.3 is 0 Å². The number of fused-ring (bicyclic) bond motifs is 1. The van der Waals surface area contributed by atoms with Crippen molar-refractivity contribution in [2.45, 2.75) is 13.0 Å². The van der Waals surface area contributed by atoms with Crippen LogP contribution in [0.2, 0.25) is 0 Å². The molecule has 0 amide bonds. The Kier molecular flexibility index (Phi) is 4.89. The Bertz CT molecular complexity index is 1080. The number of rotatable bonds is 6. The quantitative estimate of drug-likeness (QED) is 0.482. The lowest BCUT2D eigenvalue weighted by molar-refractivity contribution is 0.104. The molecule has 28 heavy (non-hydrogen) atoms. The summed E-state index contributed by atoms with van der Waals surface area (Å²) in [6.45, 7) is 0.672. The highest BCUT2D eigenvalue weighted by Crippen LogP contribution is 2.32. The lowest BCUT2D eigenvalue weighted by Gasteiger charge is -2.00. The van der Waals surface area contributed by atoms with Gasteiger partial charge in [0, 0.05) is 22.9 Å². The molecule has 4 rings (SSSR count). The van der Waals surface area contributed by atoms with Crippen molar-refractivity contribution in [3.63, 3.8) is 0 Å². The zero-order valence-corrected chi connectivity index (χ0v) is 15.0. The molecule has 0 aliphatic carbocycles. The molecule has 1 aliphatic heterocycles. The van der Waals surface area contributed by atoms with Crippen LogP contribution < -0.4 is 9.47 Å². The molecular formula is C22H17N3O3. The predicted octanol–water partition coefficient (Wildman–Crippen LogP) is 4.09. The topological polar surface area (TPSA) is 77.1 Å². The van der Waals surface area contributed by atoms with Gasteiger partial charge in [0.25, 0.3) is 0 Å². The second-order valence-electron chi connectivity index (χ2n) is 6.24. The zero-order valence-electron chi connectivity index (χ0n) is 15.0. The lowest BCUT2D eigenvalue weighted by atomic mass is 10.1. The average molecular weight is 371 g/mol. The Hall–Kier alpha value is -3.85. The molecule has 2 aromatic carbocycles. The molecule has 0 unspecified atom stereocenters. The van der Waals surface area contributed by atoms with Crippen LogP contribution in [-0.4, -0.2) is 22.4 Å². The Morgan fingerprint density at radius 2 is 2.00 bits per heavy atom. The number of benzene rings is 2. The van der Waals surface area contributed by atoms with Crippen LogP contribution in [0.1, 0.15) is 22.3 Å². The van der Waals surface area contributed by atoms with E-state index in [0.29, 0.717) is 30.0 Å².